The highest BCUT2D eigenvalue weighted by molar-refractivity contribution is 5.77. The number of carbonyl (C=O) groups excluding carboxylic acids is 1. The molecule has 2 bridgehead atoms. The summed E-state index contributed by atoms with van der Waals surface area (Å²) in [5, 5.41) is 0. The Morgan fingerprint density at radius 1 is 1.40 bits per heavy atom. The van der Waals surface area contributed by atoms with Gasteiger partial charge in [0.05, 0.1) is 7.11 Å². The van der Waals surface area contributed by atoms with Gasteiger partial charge in [-0.1, -0.05) is 0 Å². The highest BCUT2D eigenvalue weighted by atomic mass is 19.1. The Labute approximate surface area is 116 Å². The number of halogens is 2. The lowest BCUT2D eigenvalue weighted by atomic mass is 9.32. The third kappa shape index (κ3) is 1.84. The van der Waals surface area contributed by atoms with Crippen LogP contribution in [-0.4, -0.2) is 19.1 Å². The van der Waals surface area contributed by atoms with E-state index in [4.69, 9.17) is 5.73 Å². The Morgan fingerprint density at radius 3 is 2.65 bits per heavy atom. The van der Waals surface area contributed by atoms with Gasteiger partial charge in [-0.25, -0.2) is 8.78 Å². The van der Waals surface area contributed by atoms with Crippen molar-refractivity contribution < 1.29 is 18.3 Å². The van der Waals surface area contributed by atoms with Gasteiger partial charge in [0.25, 0.3) is 0 Å². The number of hydrogen-bond donors (Lipinski definition) is 1. The fourth-order valence-corrected chi connectivity index (χ4v) is 4.06. The van der Waals surface area contributed by atoms with Crippen molar-refractivity contribution in [2.24, 2.45) is 16.6 Å². The number of methoxy groups -OCH3 is 1. The molecule has 0 spiro atoms. The molecule has 3 aliphatic carbocycles. The Kier molecular flexibility index (Phi) is 2.87. The van der Waals surface area contributed by atoms with E-state index in [-0.39, 0.29) is 16.6 Å². The van der Waals surface area contributed by atoms with Crippen LogP contribution in [0.2, 0.25) is 0 Å². The fraction of sp³-hybridized carbons (Fsp3) is 0.533. The third-order valence-electron chi connectivity index (χ3n) is 4.87. The van der Waals surface area contributed by atoms with Crippen LogP contribution in [0, 0.1) is 22.5 Å². The lowest BCUT2D eigenvalue weighted by Gasteiger charge is -2.72. The van der Waals surface area contributed by atoms with Gasteiger partial charge >= 0.3 is 5.97 Å². The normalized spacial score (nSPS) is 32.0. The van der Waals surface area contributed by atoms with E-state index in [0.29, 0.717) is 12.0 Å². The van der Waals surface area contributed by atoms with E-state index in [1.807, 2.05) is 0 Å². The van der Waals surface area contributed by atoms with Crippen molar-refractivity contribution in [1.82, 2.24) is 0 Å². The lowest BCUT2D eigenvalue weighted by molar-refractivity contribution is -0.221. The number of nitrogens with two attached hydrogens (primary N) is 1. The second kappa shape index (κ2) is 4.25. The van der Waals surface area contributed by atoms with Crippen LogP contribution in [0.1, 0.15) is 24.8 Å². The number of rotatable bonds is 4. The summed E-state index contributed by atoms with van der Waals surface area (Å²) < 4.78 is 31.5. The van der Waals surface area contributed by atoms with Gasteiger partial charge in [-0.3, -0.25) is 4.79 Å². The van der Waals surface area contributed by atoms with E-state index in [0.717, 1.165) is 31.4 Å². The highest BCUT2D eigenvalue weighted by Gasteiger charge is 2.70. The largest absolute Gasteiger partial charge is 0.468 e. The van der Waals surface area contributed by atoms with Crippen LogP contribution in [0.3, 0.4) is 0 Å². The molecule has 0 radical (unpaired) electrons. The minimum absolute atomic E-state index is 0.0136. The maximum absolute atomic E-state index is 13.6. The molecule has 0 aliphatic heterocycles. The van der Waals surface area contributed by atoms with E-state index >= 15 is 0 Å². The number of benzene rings is 1. The zero-order valence-corrected chi connectivity index (χ0v) is 11.3. The number of carbonyl (C=O) groups is 1. The Hall–Kier alpha value is -1.49. The molecule has 0 saturated heterocycles. The SMILES string of the molecule is COC(=O)C(N)C12CC(Cc3cc(F)ccc3F)(C1)C2. The molecule has 3 saturated carbocycles. The first-order valence-electron chi connectivity index (χ1n) is 6.67. The number of ether oxygens (including phenoxy) is 1. The predicted octanol–water partition coefficient (Wildman–Crippen LogP) is 2.18. The molecule has 0 aromatic heterocycles. The molecule has 1 unspecified atom stereocenters. The molecule has 3 nitrogen and oxygen atoms in total. The van der Waals surface area contributed by atoms with Gasteiger partial charge < -0.3 is 10.5 Å². The van der Waals surface area contributed by atoms with Gasteiger partial charge in [0.2, 0.25) is 0 Å². The maximum Gasteiger partial charge on any atom is 0.323 e. The summed E-state index contributed by atoms with van der Waals surface area (Å²) >= 11 is 0. The van der Waals surface area contributed by atoms with E-state index in [2.05, 4.69) is 4.74 Å². The Morgan fingerprint density at radius 2 is 2.05 bits per heavy atom. The minimum Gasteiger partial charge on any atom is -0.468 e. The van der Waals surface area contributed by atoms with Gasteiger partial charge in [0, 0.05) is 0 Å². The summed E-state index contributed by atoms with van der Waals surface area (Å²) in [7, 11) is 1.32. The first kappa shape index (κ1) is 13.5. The van der Waals surface area contributed by atoms with Crippen LogP contribution in [-0.2, 0) is 16.0 Å². The Bertz CT molecular complexity index is 553. The molecule has 1 aromatic rings. The van der Waals surface area contributed by atoms with Crippen LogP contribution in [0.15, 0.2) is 18.2 Å². The number of esters is 1. The third-order valence-corrected chi connectivity index (χ3v) is 4.87. The van der Waals surface area contributed by atoms with Crippen LogP contribution < -0.4 is 5.73 Å². The molecule has 1 aromatic carbocycles. The topological polar surface area (TPSA) is 52.3 Å². The zero-order chi connectivity index (χ0) is 14.5. The van der Waals surface area contributed by atoms with Crippen molar-refractivity contribution in [1.29, 1.82) is 0 Å². The van der Waals surface area contributed by atoms with Crippen molar-refractivity contribution in [2.75, 3.05) is 7.11 Å². The lowest BCUT2D eigenvalue weighted by Crippen LogP contribution is -2.71. The van der Waals surface area contributed by atoms with Gasteiger partial charge in [-0.05, 0) is 60.3 Å². The smallest absolute Gasteiger partial charge is 0.323 e. The van der Waals surface area contributed by atoms with E-state index in [1.165, 1.54) is 13.2 Å². The Balaban J connectivity index is 1.67. The van der Waals surface area contributed by atoms with Gasteiger partial charge in [0.1, 0.15) is 17.7 Å². The van der Waals surface area contributed by atoms with Crippen molar-refractivity contribution in [3.63, 3.8) is 0 Å². The van der Waals surface area contributed by atoms with Gasteiger partial charge in [-0.15, -0.1) is 0 Å². The summed E-state index contributed by atoms with van der Waals surface area (Å²) in [6.45, 7) is 0. The van der Waals surface area contributed by atoms with Crippen molar-refractivity contribution in [2.45, 2.75) is 31.7 Å². The molecule has 2 N–H and O–H groups in total. The average molecular weight is 281 g/mol. The van der Waals surface area contributed by atoms with E-state index < -0.39 is 17.8 Å². The first-order valence-corrected chi connectivity index (χ1v) is 6.67. The fourth-order valence-electron chi connectivity index (χ4n) is 4.06. The summed E-state index contributed by atoms with van der Waals surface area (Å²) in [5.41, 5.74) is 6.11. The molecule has 5 heteroatoms. The van der Waals surface area contributed by atoms with Gasteiger partial charge in [0.15, 0.2) is 0 Å². The van der Waals surface area contributed by atoms with Crippen LogP contribution in [0.5, 0.6) is 0 Å². The molecule has 0 amide bonds. The minimum atomic E-state index is -0.605. The highest BCUT2D eigenvalue weighted by Crippen LogP contribution is 2.75. The summed E-state index contributed by atoms with van der Waals surface area (Å²) in [6, 6.07) is 2.93. The van der Waals surface area contributed by atoms with Crippen LogP contribution >= 0.6 is 0 Å². The molecule has 4 rings (SSSR count). The maximum atomic E-state index is 13.6. The van der Waals surface area contributed by atoms with E-state index in [1.54, 1.807) is 0 Å². The molecular weight excluding hydrogens is 264 g/mol. The average Bonchev–Trinajstić information content (AvgIpc) is 2.34. The standard InChI is InChI=1S/C15H17F2NO2/c1-20-13(19)12(18)15-6-14(7-15,8-15)5-9-4-10(16)2-3-11(9)17/h2-4,12H,5-8,18H2,1H3. The second-order valence-corrected chi connectivity index (χ2v) is 6.31. The molecular formula is C15H17F2NO2. The zero-order valence-electron chi connectivity index (χ0n) is 11.3. The molecule has 108 valence electrons. The molecule has 20 heavy (non-hydrogen) atoms. The molecule has 0 heterocycles. The molecule has 1 atom stereocenters. The van der Waals surface area contributed by atoms with Crippen LogP contribution in [0.25, 0.3) is 0 Å². The van der Waals surface area contributed by atoms with Crippen molar-refractivity contribution >= 4 is 5.97 Å². The summed E-state index contributed by atoms with van der Waals surface area (Å²) in [4.78, 5) is 11.5. The van der Waals surface area contributed by atoms with Crippen molar-refractivity contribution in [3.05, 3.63) is 35.4 Å². The molecule has 3 fully saturated rings. The quantitative estimate of drug-likeness (QED) is 0.861. The molecule has 3 aliphatic rings. The predicted molar refractivity (Wildman–Crippen MR) is 68.8 cm³/mol. The summed E-state index contributed by atoms with van der Waals surface area (Å²) in [6.07, 6.45) is 2.86. The number of hydrogen-bond acceptors (Lipinski definition) is 3. The summed E-state index contributed by atoms with van der Waals surface area (Å²) in [5.74, 6) is -1.19. The van der Waals surface area contributed by atoms with Crippen molar-refractivity contribution in [3.8, 4) is 0 Å². The second-order valence-electron chi connectivity index (χ2n) is 6.31. The first-order chi connectivity index (χ1) is 9.40. The van der Waals surface area contributed by atoms with Gasteiger partial charge in [-0.2, -0.15) is 0 Å². The monoisotopic (exact) mass is 281 g/mol. The van der Waals surface area contributed by atoms with Crippen LogP contribution in [0.4, 0.5) is 8.78 Å². The van der Waals surface area contributed by atoms with E-state index in [9.17, 15) is 13.6 Å².